The van der Waals surface area contributed by atoms with Gasteiger partial charge in [-0.2, -0.15) is 13.2 Å². The summed E-state index contributed by atoms with van der Waals surface area (Å²) in [6, 6.07) is 4.19. The van der Waals surface area contributed by atoms with Crippen molar-refractivity contribution in [2.45, 2.75) is 52.1 Å². The number of urea groups is 1. The molecule has 8 heteroatoms. The van der Waals surface area contributed by atoms with Gasteiger partial charge in [0.05, 0.1) is 5.56 Å². The summed E-state index contributed by atoms with van der Waals surface area (Å²) in [4.78, 5) is 28.9. The molecule has 1 spiro atoms. The molecule has 5 nitrogen and oxygen atoms in total. The first-order chi connectivity index (χ1) is 14.2. The lowest BCUT2D eigenvalue weighted by Crippen LogP contribution is -2.46. The van der Waals surface area contributed by atoms with Gasteiger partial charge in [0.2, 0.25) is 5.91 Å². The minimum Gasteiger partial charge on any atom is -0.342 e. The lowest BCUT2D eigenvalue weighted by molar-refractivity contribution is -0.138. The first-order valence-corrected chi connectivity index (χ1v) is 10.7. The summed E-state index contributed by atoms with van der Waals surface area (Å²) in [5.41, 5.74) is -0.364. The molecule has 3 amide bonds. The molecule has 2 fully saturated rings. The number of nitrogens with zero attached hydrogens (tertiary/aromatic N) is 2. The Morgan fingerprint density at radius 1 is 1.00 bits per heavy atom. The number of rotatable bonds is 4. The van der Waals surface area contributed by atoms with Crippen LogP contribution in [0.25, 0.3) is 0 Å². The average Bonchev–Trinajstić information content (AvgIpc) is 3.13. The van der Waals surface area contributed by atoms with Crippen molar-refractivity contribution in [3.63, 3.8) is 0 Å². The first kappa shape index (κ1) is 22.4. The molecular weight excluding hydrogens is 395 g/mol. The van der Waals surface area contributed by atoms with Gasteiger partial charge in [0.1, 0.15) is 0 Å². The molecule has 3 rings (SSSR count). The molecule has 0 bridgehead atoms. The molecule has 0 aromatic heterocycles. The van der Waals surface area contributed by atoms with Crippen molar-refractivity contribution < 1.29 is 22.8 Å². The zero-order valence-electron chi connectivity index (χ0n) is 17.6. The minimum absolute atomic E-state index is 0.0299. The maximum Gasteiger partial charge on any atom is 0.416 e. The van der Waals surface area contributed by atoms with Crippen LogP contribution in [0.5, 0.6) is 0 Å². The van der Waals surface area contributed by atoms with Crippen LogP contribution < -0.4 is 5.32 Å². The monoisotopic (exact) mass is 425 g/mol. The van der Waals surface area contributed by atoms with Crippen molar-refractivity contribution >= 4 is 17.6 Å². The summed E-state index contributed by atoms with van der Waals surface area (Å²) >= 11 is 0. The molecule has 2 aliphatic rings. The zero-order chi connectivity index (χ0) is 21.9. The molecule has 0 radical (unpaired) electrons. The maximum atomic E-state index is 12.7. The van der Waals surface area contributed by atoms with E-state index in [1.807, 2.05) is 18.7 Å². The Labute approximate surface area is 175 Å². The summed E-state index contributed by atoms with van der Waals surface area (Å²) in [5.74, 6) is 0.332. The number of nitrogens with one attached hydrogen (secondary N) is 1. The van der Waals surface area contributed by atoms with E-state index in [0.29, 0.717) is 18.8 Å². The van der Waals surface area contributed by atoms with Gasteiger partial charge in [0, 0.05) is 37.8 Å². The van der Waals surface area contributed by atoms with Gasteiger partial charge in [-0.3, -0.25) is 4.79 Å². The van der Waals surface area contributed by atoms with Gasteiger partial charge in [-0.1, -0.05) is 13.8 Å². The quantitative estimate of drug-likeness (QED) is 0.739. The van der Waals surface area contributed by atoms with Crippen LogP contribution in [0.4, 0.5) is 23.7 Å². The minimum atomic E-state index is -4.39. The van der Waals surface area contributed by atoms with Crippen molar-refractivity contribution in [3.8, 4) is 0 Å². The first-order valence-electron chi connectivity index (χ1n) is 10.7. The zero-order valence-corrected chi connectivity index (χ0v) is 17.6. The van der Waals surface area contributed by atoms with Gasteiger partial charge in [0.15, 0.2) is 0 Å². The molecule has 2 aliphatic heterocycles. The lowest BCUT2D eigenvalue weighted by atomic mass is 9.77. The lowest BCUT2D eigenvalue weighted by Gasteiger charge is -2.40. The van der Waals surface area contributed by atoms with Crippen LogP contribution in [0.1, 0.15) is 51.5 Å². The number of likely N-dealkylation sites (tertiary alicyclic amines) is 2. The van der Waals surface area contributed by atoms with E-state index >= 15 is 0 Å². The smallest absolute Gasteiger partial charge is 0.342 e. The number of halogens is 3. The second-order valence-corrected chi connectivity index (χ2v) is 8.52. The second kappa shape index (κ2) is 8.86. The van der Waals surface area contributed by atoms with E-state index < -0.39 is 11.7 Å². The standard InChI is InChI=1S/C22H30F3N3O2/c1-3-16(4-2)19(29)27-12-9-21(10-13-27)11-14-28(15-21)20(30)26-18-7-5-17(6-8-18)22(23,24)25/h5-8,16H,3-4,9-15H2,1-2H3,(H,26,30). The van der Waals surface area contributed by atoms with Crippen LogP contribution >= 0.6 is 0 Å². The van der Waals surface area contributed by atoms with E-state index in [2.05, 4.69) is 5.32 Å². The molecule has 0 aliphatic carbocycles. The number of benzene rings is 1. The van der Waals surface area contributed by atoms with Crippen LogP contribution in [0.3, 0.4) is 0 Å². The Hall–Kier alpha value is -2.25. The number of piperidine rings is 1. The fourth-order valence-corrected chi connectivity index (χ4v) is 4.56. The van der Waals surface area contributed by atoms with Crippen molar-refractivity contribution in [2.75, 3.05) is 31.5 Å². The number of hydrogen-bond donors (Lipinski definition) is 1. The third-order valence-electron chi connectivity index (χ3n) is 6.66. The maximum absolute atomic E-state index is 12.7. The van der Waals surface area contributed by atoms with E-state index in [9.17, 15) is 22.8 Å². The average molecular weight is 425 g/mol. The summed E-state index contributed by atoms with van der Waals surface area (Å²) < 4.78 is 38.0. The van der Waals surface area contributed by atoms with Crippen molar-refractivity contribution in [3.05, 3.63) is 29.8 Å². The van der Waals surface area contributed by atoms with Crippen LogP contribution in [-0.2, 0) is 11.0 Å². The molecule has 1 N–H and O–H groups in total. The fraction of sp³-hybridized carbons (Fsp3) is 0.636. The van der Waals surface area contributed by atoms with Crippen LogP contribution in [-0.4, -0.2) is 47.9 Å². The van der Waals surface area contributed by atoms with E-state index in [1.54, 1.807) is 4.90 Å². The summed E-state index contributed by atoms with van der Waals surface area (Å²) in [7, 11) is 0. The van der Waals surface area contributed by atoms with Crippen LogP contribution in [0.15, 0.2) is 24.3 Å². The summed E-state index contributed by atoms with van der Waals surface area (Å²) in [6.07, 6.45) is -0.0372. The number of anilines is 1. The molecule has 2 heterocycles. The topological polar surface area (TPSA) is 52.7 Å². The van der Waals surface area contributed by atoms with E-state index in [1.165, 1.54) is 12.1 Å². The number of carbonyl (C=O) groups is 2. The fourth-order valence-electron chi connectivity index (χ4n) is 4.56. The Kier molecular flexibility index (Phi) is 6.62. The van der Waals surface area contributed by atoms with Crippen LogP contribution in [0, 0.1) is 11.3 Å². The molecule has 0 atom stereocenters. The molecule has 0 saturated carbocycles. The molecule has 1 aromatic rings. The summed E-state index contributed by atoms with van der Waals surface area (Å²) in [6.45, 7) is 6.77. The molecule has 0 unspecified atom stereocenters. The number of hydrogen-bond acceptors (Lipinski definition) is 2. The molecule has 166 valence electrons. The van der Waals surface area contributed by atoms with E-state index in [4.69, 9.17) is 0 Å². The van der Waals surface area contributed by atoms with Crippen molar-refractivity contribution in [1.29, 1.82) is 0 Å². The highest BCUT2D eigenvalue weighted by Gasteiger charge is 2.43. The Morgan fingerprint density at radius 2 is 1.53 bits per heavy atom. The predicted molar refractivity (Wildman–Crippen MR) is 109 cm³/mol. The van der Waals surface area contributed by atoms with Gasteiger partial charge in [-0.05, 0) is 61.8 Å². The molecular formula is C22H30F3N3O2. The van der Waals surface area contributed by atoms with Gasteiger partial charge >= 0.3 is 12.2 Å². The highest BCUT2D eigenvalue weighted by atomic mass is 19.4. The largest absolute Gasteiger partial charge is 0.416 e. The Balaban J connectivity index is 1.53. The predicted octanol–water partition coefficient (Wildman–Crippen LogP) is 4.99. The molecule has 2 saturated heterocycles. The highest BCUT2D eigenvalue weighted by Crippen LogP contribution is 2.41. The number of carbonyl (C=O) groups excluding carboxylic acids is 2. The van der Waals surface area contributed by atoms with E-state index in [-0.39, 0.29) is 23.3 Å². The summed E-state index contributed by atoms with van der Waals surface area (Å²) in [5, 5.41) is 2.70. The SMILES string of the molecule is CCC(CC)C(=O)N1CCC2(CCN(C(=O)Nc3ccc(C(F)(F)F)cc3)C2)CC1. The van der Waals surface area contributed by atoms with Crippen molar-refractivity contribution in [2.24, 2.45) is 11.3 Å². The normalized spacial score (nSPS) is 18.9. The number of alkyl halides is 3. The van der Waals surface area contributed by atoms with Gasteiger partial charge in [0.25, 0.3) is 0 Å². The van der Waals surface area contributed by atoms with Gasteiger partial charge in [-0.25, -0.2) is 4.79 Å². The third kappa shape index (κ3) is 4.90. The molecule has 30 heavy (non-hydrogen) atoms. The number of amides is 3. The molecule has 1 aromatic carbocycles. The van der Waals surface area contributed by atoms with Crippen molar-refractivity contribution in [1.82, 2.24) is 9.80 Å². The Morgan fingerprint density at radius 3 is 2.03 bits per heavy atom. The van der Waals surface area contributed by atoms with Gasteiger partial charge < -0.3 is 15.1 Å². The van der Waals surface area contributed by atoms with Gasteiger partial charge in [-0.15, -0.1) is 0 Å². The second-order valence-electron chi connectivity index (χ2n) is 8.52. The van der Waals surface area contributed by atoms with E-state index in [0.717, 1.165) is 57.3 Å². The van der Waals surface area contributed by atoms with Crippen LogP contribution in [0.2, 0.25) is 0 Å². The highest BCUT2D eigenvalue weighted by molar-refractivity contribution is 5.89. The Bertz CT molecular complexity index is 752. The third-order valence-corrected chi connectivity index (χ3v) is 6.66.